The molecule has 0 unspecified atom stereocenters. The first-order chi connectivity index (χ1) is 12.9. The summed E-state index contributed by atoms with van der Waals surface area (Å²) in [5, 5.41) is 3.05. The Balaban J connectivity index is 1.48. The third-order valence-electron chi connectivity index (χ3n) is 5.33. The molecular formula is C17H21F3N6O. The van der Waals surface area contributed by atoms with Gasteiger partial charge >= 0.3 is 6.18 Å². The fourth-order valence-corrected chi connectivity index (χ4v) is 3.94. The van der Waals surface area contributed by atoms with Crippen molar-refractivity contribution in [2.24, 2.45) is 5.92 Å². The Morgan fingerprint density at radius 2 is 1.96 bits per heavy atom. The van der Waals surface area contributed by atoms with Crippen molar-refractivity contribution < 1.29 is 18.0 Å². The fourth-order valence-electron chi connectivity index (χ4n) is 3.94. The molecule has 0 bridgehead atoms. The summed E-state index contributed by atoms with van der Waals surface area (Å²) in [6.45, 7) is 1.08. The van der Waals surface area contributed by atoms with E-state index in [4.69, 9.17) is 0 Å². The van der Waals surface area contributed by atoms with Gasteiger partial charge in [-0.2, -0.15) is 13.2 Å². The third-order valence-corrected chi connectivity index (χ3v) is 5.33. The first-order valence-corrected chi connectivity index (χ1v) is 9.25. The van der Waals surface area contributed by atoms with Gasteiger partial charge in [-0.15, -0.1) is 0 Å². The molecule has 2 N–H and O–H groups in total. The molecule has 0 aromatic carbocycles. The minimum atomic E-state index is -4.65. The van der Waals surface area contributed by atoms with Crippen LogP contribution >= 0.6 is 0 Å². The highest BCUT2D eigenvalue weighted by Crippen LogP contribution is 2.31. The van der Waals surface area contributed by atoms with E-state index in [2.05, 4.69) is 25.3 Å². The summed E-state index contributed by atoms with van der Waals surface area (Å²) in [5.41, 5.74) is 0.299. The molecule has 2 aliphatic rings. The van der Waals surface area contributed by atoms with E-state index in [1.54, 1.807) is 0 Å². The highest BCUT2D eigenvalue weighted by atomic mass is 19.4. The lowest BCUT2D eigenvalue weighted by Crippen LogP contribution is -2.37. The number of anilines is 1. The van der Waals surface area contributed by atoms with Gasteiger partial charge in [0.05, 0.1) is 6.33 Å². The van der Waals surface area contributed by atoms with Gasteiger partial charge in [0.25, 0.3) is 0 Å². The summed E-state index contributed by atoms with van der Waals surface area (Å²) in [7, 11) is 0. The number of fused-ring (bicyclic) bond motifs is 1. The van der Waals surface area contributed by atoms with E-state index in [0.717, 1.165) is 25.7 Å². The molecule has 1 saturated heterocycles. The standard InChI is InChI=1S/C17H21F3N6O/c18-17(19,20)16-24-13-12(21-9-22-13)14(25-16)23-11-6-7-26(8-11)15(27)10-4-2-1-3-5-10/h9-11H,1-8H2,(H2,21,22,23,24,25)/t11-/m1/s1. The average molecular weight is 382 g/mol. The van der Waals surface area contributed by atoms with Gasteiger partial charge in [0.15, 0.2) is 11.5 Å². The predicted molar refractivity (Wildman–Crippen MR) is 91.9 cm³/mol. The Morgan fingerprint density at radius 3 is 2.70 bits per heavy atom. The van der Waals surface area contributed by atoms with Gasteiger partial charge in [0.2, 0.25) is 11.7 Å². The highest BCUT2D eigenvalue weighted by molar-refractivity contribution is 5.83. The molecule has 1 amide bonds. The molecule has 10 heteroatoms. The minimum Gasteiger partial charge on any atom is -0.364 e. The summed E-state index contributed by atoms with van der Waals surface area (Å²) >= 11 is 0. The monoisotopic (exact) mass is 382 g/mol. The topological polar surface area (TPSA) is 86.8 Å². The average Bonchev–Trinajstić information content (AvgIpc) is 3.30. The van der Waals surface area contributed by atoms with Crippen LogP contribution in [-0.4, -0.2) is 49.9 Å². The zero-order valence-electron chi connectivity index (χ0n) is 14.7. The SMILES string of the molecule is O=C(C1CCCCC1)N1CC[C@@H](Nc2nc(C(F)(F)F)nc3nc[nH]c23)C1. The molecular weight excluding hydrogens is 361 g/mol. The number of rotatable bonds is 3. The van der Waals surface area contributed by atoms with Crippen LogP contribution in [0.1, 0.15) is 44.3 Å². The van der Waals surface area contributed by atoms with Gasteiger partial charge < -0.3 is 15.2 Å². The maximum Gasteiger partial charge on any atom is 0.451 e. The molecule has 2 aromatic rings. The smallest absolute Gasteiger partial charge is 0.364 e. The third kappa shape index (κ3) is 3.70. The van der Waals surface area contributed by atoms with Crippen molar-refractivity contribution in [3.05, 3.63) is 12.2 Å². The molecule has 7 nitrogen and oxygen atoms in total. The van der Waals surface area contributed by atoms with Gasteiger partial charge in [0.1, 0.15) is 5.52 Å². The lowest BCUT2D eigenvalue weighted by atomic mass is 9.88. The van der Waals surface area contributed by atoms with Crippen molar-refractivity contribution in [2.75, 3.05) is 18.4 Å². The Hall–Kier alpha value is -2.39. The van der Waals surface area contributed by atoms with Crippen molar-refractivity contribution in [2.45, 2.75) is 50.7 Å². The Morgan fingerprint density at radius 1 is 1.19 bits per heavy atom. The zero-order valence-corrected chi connectivity index (χ0v) is 14.7. The quantitative estimate of drug-likeness (QED) is 0.852. The first kappa shape index (κ1) is 18.0. The lowest BCUT2D eigenvalue weighted by molar-refractivity contribution is -0.144. The number of nitrogens with zero attached hydrogens (tertiary/aromatic N) is 4. The summed E-state index contributed by atoms with van der Waals surface area (Å²) in [4.78, 5) is 28.2. The lowest BCUT2D eigenvalue weighted by Gasteiger charge is -2.26. The molecule has 2 aromatic heterocycles. The van der Waals surface area contributed by atoms with Crippen LogP contribution in [0.5, 0.6) is 0 Å². The van der Waals surface area contributed by atoms with Crippen molar-refractivity contribution in [1.82, 2.24) is 24.8 Å². The maximum absolute atomic E-state index is 13.0. The number of aromatic amines is 1. The molecule has 146 valence electrons. The minimum absolute atomic E-state index is 0.0343. The number of likely N-dealkylation sites (tertiary alicyclic amines) is 1. The fraction of sp³-hybridized carbons (Fsp3) is 0.647. The van der Waals surface area contributed by atoms with E-state index in [-0.39, 0.29) is 29.3 Å². The number of nitrogens with one attached hydrogen (secondary N) is 2. The van der Waals surface area contributed by atoms with Crippen molar-refractivity contribution in [3.8, 4) is 0 Å². The van der Waals surface area contributed by atoms with Crippen LogP contribution in [0.3, 0.4) is 0 Å². The van der Waals surface area contributed by atoms with Crippen molar-refractivity contribution in [3.63, 3.8) is 0 Å². The number of H-pyrrole nitrogens is 1. The van der Waals surface area contributed by atoms with E-state index in [1.807, 2.05) is 4.90 Å². The Labute approximate surface area is 153 Å². The van der Waals surface area contributed by atoms with Crippen LogP contribution in [0.25, 0.3) is 11.2 Å². The molecule has 3 heterocycles. The number of alkyl halides is 3. The van der Waals surface area contributed by atoms with E-state index < -0.39 is 12.0 Å². The van der Waals surface area contributed by atoms with E-state index in [1.165, 1.54) is 12.7 Å². The maximum atomic E-state index is 13.0. The number of hydrogen-bond donors (Lipinski definition) is 2. The van der Waals surface area contributed by atoms with Crippen LogP contribution in [0.4, 0.5) is 19.0 Å². The predicted octanol–water partition coefficient (Wildman–Crippen LogP) is 2.96. The van der Waals surface area contributed by atoms with Crippen LogP contribution in [-0.2, 0) is 11.0 Å². The number of halogens is 3. The summed E-state index contributed by atoms with van der Waals surface area (Å²) in [6.07, 6.45) is 2.53. The number of amides is 1. The van der Waals surface area contributed by atoms with E-state index >= 15 is 0 Å². The second-order valence-corrected chi connectivity index (χ2v) is 7.24. The van der Waals surface area contributed by atoms with Gasteiger partial charge in [-0.1, -0.05) is 19.3 Å². The van der Waals surface area contributed by atoms with Crippen LogP contribution in [0.2, 0.25) is 0 Å². The second kappa shape index (κ2) is 6.97. The van der Waals surface area contributed by atoms with Crippen LogP contribution in [0, 0.1) is 5.92 Å². The number of carbonyl (C=O) groups is 1. The number of carbonyl (C=O) groups excluding carboxylic acids is 1. The van der Waals surface area contributed by atoms with E-state index in [9.17, 15) is 18.0 Å². The summed E-state index contributed by atoms with van der Waals surface area (Å²) < 4.78 is 39.1. The van der Waals surface area contributed by atoms with Gasteiger partial charge in [0, 0.05) is 25.0 Å². The first-order valence-electron chi connectivity index (χ1n) is 9.25. The van der Waals surface area contributed by atoms with Gasteiger partial charge in [-0.25, -0.2) is 15.0 Å². The zero-order chi connectivity index (χ0) is 19.0. The Bertz CT molecular complexity index is 830. The molecule has 1 atom stereocenters. The van der Waals surface area contributed by atoms with E-state index in [0.29, 0.717) is 25.0 Å². The molecule has 1 aliphatic carbocycles. The molecule has 1 aliphatic heterocycles. The molecule has 27 heavy (non-hydrogen) atoms. The van der Waals surface area contributed by atoms with Crippen LogP contribution in [0.15, 0.2) is 6.33 Å². The number of aromatic nitrogens is 4. The molecule has 0 radical (unpaired) electrons. The normalized spacial score (nSPS) is 21.7. The summed E-state index contributed by atoms with van der Waals surface area (Å²) in [6, 6.07) is -0.153. The van der Waals surface area contributed by atoms with Crippen molar-refractivity contribution >= 4 is 22.9 Å². The number of imidazole rings is 1. The largest absolute Gasteiger partial charge is 0.451 e. The van der Waals surface area contributed by atoms with Gasteiger partial charge in [-0.05, 0) is 19.3 Å². The second-order valence-electron chi connectivity index (χ2n) is 7.24. The van der Waals surface area contributed by atoms with Crippen LogP contribution < -0.4 is 5.32 Å². The Kier molecular flexibility index (Phi) is 4.65. The summed E-state index contributed by atoms with van der Waals surface area (Å²) in [5.74, 6) is -0.892. The van der Waals surface area contributed by atoms with Crippen molar-refractivity contribution in [1.29, 1.82) is 0 Å². The molecule has 0 spiro atoms. The van der Waals surface area contributed by atoms with Gasteiger partial charge in [-0.3, -0.25) is 4.79 Å². The number of hydrogen-bond acceptors (Lipinski definition) is 5. The molecule has 4 rings (SSSR count). The molecule has 1 saturated carbocycles. The highest BCUT2D eigenvalue weighted by Gasteiger charge is 2.37. The molecule has 2 fully saturated rings.